The van der Waals surface area contributed by atoms with Crippen LogP contribution in [0.3, 0.4) is 0 Å². The Morgan fingerprint density at radius 1 is 1.44 bits per heavy atom. The minimum absolute atomic E-state index is 0.0815. The molecule has 0 aliphatic carbocycles. The predicted molar refractivity (Wildman–Crippen MR) is 59.0 cm³/mol. The van der Waals surface area contributed by atoms with Gasteiger partial charge in [0.1, 0.15) is 5.69 Å². The smallest absolute Gasteiger partial charge is 0.227 e. The first-order valence-corrected chi connectivity index (χ1v) is 7.04. The zero-order valence-electron chi connectivity index (χ0n) is 9.28. The number of nitrogens with zero attached hydrogens (tertiary/aromatic N) is 2. The quantitative estimate of drug-likeness (QED) is 0.631. The van der Waals surface area contributed by atoms with Gasteiger partial charge >= 0.3 is 6.18 Å². The fourth-order valence-electron chi connectivity index (χ4n) is 1.14. The molecule has 0 saturated carbocycles. The molecule has 1 unspecified atom stereocenters. The highest BCUT2D eigenvalue weighted by Gasteiger charge is 2.34. The maximum Gasteiger partial charge on any atom is 0.433 e. The van der Waals surface area contributed by atoms with Crippen LogP contribution in [-0.2, 0) is 16.0 Å². The zero-order chi connectivity index (χ0) is 14.0. The summed E-state index contributed by atoms with van der Waals surface area (Å²) in [6.07, 6.45) is -3.93. The van der Waals surface area contributed by atoms with Crippen LogP contribution in [0.5, 0.6) is 0 Å². The van der Waals surface area contributed by atoms with Crippen molar-refractivity contribution in [1.29, 1.82) is 0 Å². The molecule has 4 nitrogen and oxygen atoms in total. The summed E-state index contributed by atoms with van der Waals surface area (Å²) >= 11 is 5.46. The van der Waals surface area contributed by atoms with Gasteiger partial charge in [0.05, 0.1) is 5.75 Å². The molecule has 0 radical (unpaired) electrons. The van der Waals surface area contributed by atoms with Gasteiger partial charge in [-0.15, -0.1) is 11.6 Å². The molecule has 0 aromatic carbocycles. The molecule has 0 aliphatic rings. The third-order valence-corrected chi connectivity index (χ3v) is 4.26. The normalized spacial score (nSPS) is 14.5. The lowest BCUT2D eigenvalue weighted by Gasteiger charge is -2.09. The maximum atomic E-state index is 12.4. The Bertz CT molecular complexity index is 519. The van der Waals surface area contributed by atoms with Gasteiger partial charge < -0.3 is 0 Å². The van der Waals surface area contributed by atoms with E-state index in [1.165, 1.54) is 0 Å². The van der Waals surface area contributed by atoms with Crippen LogP contribution in [0.1, 0.15) is 12.6 Å². The summed E-state index contributed by atoms with van der Waals surface area (Å²) in [6.45, 7) is 1.57. The maximum absolute atomic E-state index is 12.4. The SMILES string of the molecule is CC(CCl)CS(=O)(=O)c1nccc(C(F)(F)F)n1. The monoisotopic (exact) mass is 302 g/mol. The number of hydrogen-bond donors (Lipinski definition) is 0. The lowest BCUT2D eigenvalue weighted by molar-refractivity contribution is -0.141. The Kier molecular flexibility index (Phi) is 4.55. The Hall–Kier alpha value is -0.890. The molecule has 0 aliphatic heterocycles. The third kappa shape index (κ3) is 3.81. The second-order valence-electron chi connectivity index (χ2n) is 3.76. The minimum Gasteiger partial charge on any atom is -0.227 e. The highest BCUT2D eigenvalue weighted by molar-refractivity contribution is 7.91. The van der Waals surface area contributed by atoms with Gasteiger partial charge in [0.2, 0.25) is 15.0 Å². The summed E-state index contributed by atoms with van der Waals surface area (Å²) < 4.78 is 60.6. The minimum atomic E-state index is -4.70. The van der Waals surface area contributed by atoms with Crippen molar-refractivity contribution in [3.8, 4) is 0 Å². The van der Waals surface area contributed by atoms with Crippen LogP contribution in [0.25, 0.3) is 0 Å². The van der Waals surface area contributed by atoms with Crippen molar-refractivity contribution >= 4 is 21.4 Å². The lowest BCUT2D eigenvalue weighted by atomic mass is 10.3. The summed E-state index contributed by atoms with van der Waals surface area (Å²) in [4.78, 5) is 6.41. The lowest BCUT2D eigenvalue weighted by Crippen LogP contribution is -2.19. The van der Waals surface area contributed by atoms with Crippen LogP contribution in [-0.4, -0.2) is 30.0 Å². The van der Waals surface area contributed by atoms with Crippen LogP contribution in [0.15, 0.2) is 17.4 Å². The van der Waals surface area contributed by atoms with E-state index in [2.05, 4.69) is 9.97 Å². The zero-order valence-corrected chi connectivity index (χ0v) is 10.8. The fourth-order valence-corrected chi connectivity index (χ4v) is 2.86. The topological polar surface area (TPSA) is 59.9 Å². The predicted octanol–water partition coefficient (Wildman–Crippen LogP) is 2.14. The first kappa shape index (κ1) is 15.2. The van der Waals surface area contributed by atoms with Crippen LogP contribution in [0, 0.1) is 5.92 Å². The van der Waals surface area contributed by atoms with Crippen molar-refractivity contribution in [2.75, 3.05) is 11.6 Å². The van der Waals surface area contributed by atoms with E-state index in [9.17, 15) is 21.6 Å². The van der Waals surface area contributed by atoms with Gasteiger partial charge in [0, 0.05) is 12.1 Å². The fraction of sp³-hybridized carbons (Fsp3) is 0.556. The molecule has 1 aromatic heterocycles. The summed E-state index contributed by atoms with van der Waals surface area (Å²) in [6, 6.07) is 0.615. The van der Waals surface area contributed by atoms with Crippen molar-refractivity contribution in [2.24, 2.45) is 5.92 Å². The van der Waals surface area contributed by atoms with Crippen LogP contribution >= 0.6 is 11.6 Å². The van der Waals surface area contributed by atoms with Crippen molar-refractivity contribution < 1.29 is 21.6 Å². The molecule has 18 heavy (non-hydrogen) atoms. The Labute approximate surface area is 107 Å². The number of alkyl halides is 4. The molecular weight excluding hydrogens is 293 g/mol. The average Bonchev–Trinajstić information content (AvgIpc) is 2.27. The Morgan fingerprint density at radius 2 is 2.06 bits per heavy atom. The summed E-state index contributed by atoms with van der Waals surface area (Å²) in [5, 5.41) is -0.825. The van der Waals surface area contributed by atoms with E-state index < -0.39 is 38.5 Å². The van der Waals surface area contributed by atoms with Gasteiger partial charge in [-0.1, -0.05) is 6.92 Å². The van der Waals surface area contributed by atoms with Gasteiger partial charge in [0.15, 0.2) is 0 Å². The molecule has 0 spiro atoms. The molecule has 0 bridgehead atoms. The van der Waals surface area contributed by atoms with Crippen molar-refractivity contribution in [3.05, 3.63) is 18.0 Å². The van der Waals surface area contributed by atoms with E-state index in [1.807, 2.05) is 0 Å². The average molecular weight is 303 g/mol. The van der Waals surface area contributed by atoms with E-state index in [-0.39, 0.29) is 5.88 Å². The van der Waals surface area contributed by atoms with E-state index in [1.54, 1.807) is 6.92 Å². The van der Waals surface area contributed by atoms with Gasteiger partial charge in [0.25, 0.3) is 0 Å². The standard InChI is InChI=1S/C9H10ClF3N2O2S/c1-6(4-10)5-18(16,17)8-14-3-2-7(15-8)9(11,12)13/h2-3,6H,4-5H2,1H3. The van der Waals surface area contributed by atoms with Gasteiger partial charge in [-0.2, -0.15) is 13.2 Å². The highest BCUT2D eigenvalue weighted by Crippen LogP contribution is 2.27. The molecule has 0 saturated heterocycles. The number of rotatable bonds is 4. The van der Waals surface area contributed by atoms with E-state index in [4.69, 9.17) is 11.6 Å². The molecule has 102 valence electrons. The first-order valence-electron chi connectivity index (χ1n) is 4.86. The van der Waals surface area contributed by atoms with Crippen molar-refractivity contribution in [1.82, 2.24) is 9.97 Å². The summed E-state index contributed by atoms with van der Waals surface area (Å²) in [5.41, 5.74) is -1.28. The molecule has 0 N–H and O–H groups in total. The highest BCUT2D eigenvalue weighted by atomic mass is 35.5. The Morgan fingerprint density at radius 3 is 2.56 bits per heavy atom. The molecule has 1 atom stereocenters. The molecule has 0 fully saturated rings. The largest absolute Gasteiger partial charge is 0.433 e. The van der Waals surface area contributed by atoms with E-state index >= 15 is 0 Å². The second-order valence-corrected chi connectivity index (χ2v) is 6.00. The number of halogens is 4. The van der Waals surface area contributed by atoms with Crippen molar-refractivity contribution in [3.63, 3.8) is 0 Å². The first-order chi connectivity index (χ1) is 8.16. The van der Waals surface area contributed by atoms with Crippen LogP contribution in [0.2, 0.25) is 0 Å². The van der Waals surface area contributed by atoms with Crippen LogP contribution in [0.4, 0.5) is 13.2 Å². The molecule has 9 heteroatoms. The molecule has 0 amide bonds. The van der Waals surface area contributed by atoms with Crippen molar-refractivity contribution in [2.45, 2.75) is 18.3 Å². The van der Waals surface area contributed by atoms with Crippen LogP contribution < -0.4 is 0 Å². The summed E-state index contributed by atoms with van der Waals surface area (Å²) in [7, 11) is -3.96. The van der Waals surface area contributed by atoms with E-state index in [0.717, 1.165) is 6.20 Å². The Balaban J connectivity index is 3.11. The second kappa shape index (κ2) is 5.40. The third-order valence-electron chi connectivity index (χ3n) is 1.97. The summed E-state index contributed by atoms with van der Waals surface area (Å²) in [5.74, 6) is -0.703. The number of sulfone groups is 1. The van der Waals surface area contributed by atoms with Gasteiger partial charge in [-0.05, 0) is 12.0 Å². The number of hydrogen-bond acceptors (Lipinski definition) is 4. The van der Waals surface area contributed by atoms with E-state index in [0.29, 0.717) is 6.07 Å². The molecule has 1 rings (SSSR count). The molecule has 1 heterocycles. The molecule has 1 aromatic rings. The number of aromatic nitrogens is 2. The van der Waals surface area contributed by atoms with Gasteiger partial charge in [-0.3, -0.25) is 0 Å². The van der Waals surface area contributed by atoms with Gasteiger partial charge in [-0.25, -0.2) is 18.4 Å². The molecular formula is C9H10ClF3N2O2S.